The molecule has 2 fully saturated rings. The molecule has 0 spiro atoms. The van der Waals surface area contributed by atoms with E-state index in [4.69, 9.17) is 0 Å². The van der Waals surface area contributed by atoms with Crippen molar-refractivity contribution in [2.24, 2.45) is 17.8 Å². The normalized spacial score (nSPS) is 27.3. The number of nitrogens with one attached hydrogen (secondary N) is 1. The topological polar surface area (TPSA) is 29.9 Å². The minimum Gasteiger partial charge on any atom is -0.312 e. The Morgan fingerprint density at radius 3 is 2.86 bits per heavy atom. The first kappa shape index (κ1) is 13.1. The lowest BCUT2D eigenvalue weighted by Crippen LogP contribution is -2.26. The van der Waals surface area contributed by atoms with E-state index >= 15 is 0 Å². The number of fused-ring (bicyclic) bond motifs is 2. The number of hydrogen-bond acceptors (Lipinski definition) is 2. The highest BCUT2D eigenvalue weighted by Crippen LogP contribution is 2.47. The standard InChI is InChI=1S/C18H23N3/c1-2-5-18(21-9-3-8-20-21)16(4-1)12-19-13-17-11-14-6-7-15(17)10-14/h1-5,8-9,14-15,17,19H,6-7,10-13H2. The van der Waals surface area contributed by atoms with Gasteiger partial charge in [0.2, 0.25) is 0 Å². The van der Waals surface area contributed by atoms with E-state index in [1.807, 2.05) is 23.1 Å². The van der Waals surface area contributed by atoms with E-state index in [2.05, 4.69) is 34.7 Å². The zero-order chi connectivity index (χ0) is 14.1. The molecular weight excluding hydrogens is 258 g/mol. The monoisotopic (exact) mass is 281 g/mol. The van der Waals surface area contributed by atoms with Gasteiger partial charge in [-0.15, -0.1) is 0 Å². The Morgan fingerprint density at radius 1 is 1.14 bits per heavy atom. The molecule has 3 nitrogen and oxygen atoms in total. The van der Waals surface area contributed by atoms with Crippen molar-refractivity contribution in [1.82, 2.24) is 15.1 Å². The molecule has 2 aliphatic rings. The molecule has 0 amide bonds. The summed E-state index contributed by atoms with van der Waals surface area (Å²) < 4.78 is 1.95. The van der Waals surface area contributed by atoms with E-state index in [0.717, 1.165) is 24.3 Å². The van der Waals surface area contributed by atoms with E-state index in [9.17, 15) is 0 Å². The molecule has 4 rings (SSSR count). The lowest BCUT2D eigenvalue weighted by Gasteiger charge is -2.22. The second kappa shape index (κ2) is 5.64. The molecule has 1 aromatic heterocycles. The summed E-state index contributed by atoms with van der Waals surface area (Å²) in [6.45, 7) is 2.11. The van der Waals surface area contributed by atoms with Gasteiger partial charge in [-0.3, -0.25) is 0 Å². The highest BCUT2D eigenvalue weighted by atomic mass is 15.3. The Bertz CT molecular complexity index is 590. The van der Waals surface area contributed by atoms with Gasteiger partial charge in [-0.1, -0.05) is 24.6 Å². The Balaban J connectivity index is 1.39. The summed E-state index contributed by atoms with van der Waals surface area (Å²) >= 11 is 0. The Hall–Kier alpha value is -1.61. The van der Waals surface area contributed by atoms with Crippen LogP contribution in [0.25, 0.3) is 5.69 Å². The van der Waals surface area contributed by atoms with Gasteiger partial charge in [-0.05, 0) is 61.3 Å². The van der Waals surface area contributed by atoms with E-state index in [1.165, 1.54) is 43.5 Å². The van der Waals surface area contributed by atoms with Crippen molar-refractivity contribution in [3.05, 3.63) is 48.3 Å². The second-order valence-electron chi connectivity index (χ2n) is 6.65. The molecule has 0 radical (unpaired) electrons. The van der Waals surface area contributed by atoms with Crippen LogP contribution in [-0.2, 0) is 6.54 Å². The van der Waals surface area contributed by atoms with Crippen LogP contribution < -0.4 is 5.32 Å². The summed E-state index contributed by atoms with van der Waals surface area (Å²) in [4.78, 5) is 0. The van der Waals surface area contributed by atoms with E-state index in [-0.39, 0.29) is 0 Å². The molecule has 1 heterocycles. The van der Waals surface area contributed by atoms with Crippen LogP contribution in [0, 0.1) is 17.8 Å². The van der Waals surface area contributed by atoms with Gasteiger partial charge < -0.3 is 5.32 Å². The number of hydrogen-bond donors (Lipinski definition) is 1. The first-order valence-corrected chi connectivity index (χ1v) is 8.19. The zero-order valence-corrected chi connectivity index (χ0v) is 12.4. The number of benzene rings is 1. The fourth-order valence-electron chi connectivity index (χ4n) is 4.31. The fourth-order valence-corrected chi connectivity index (χ4v) is 4.31. The molecule has 1 N–H and O–H groups in total. The maximum absolute atomic E-state index is 4.35. The minimum absolute atomic E-state index is 0.917. The number of rotatable bonds is 5. The van der Waals surface area contributed by atoms with Gasteiger partial charge in [0, 0.05) is 18.9 Å². The first-order chi connectivity index (χ1) is 10.4. The fraction of sp³-hybridized carbons (Fsp3) is 0.500. The highest BCUT2D eigenvalue weighted by molar-refractivity contribution is 5.40. The van der Waals surface area contributed by atoms with Crippen LogP contribution in [0.4, 0.5) is 0 Å². The zero-order valence-electron chi connectivity index (χ0n) is 12.4. The second-order valence-corrected chi connectivity index (χ2v) is 6.65. The van der Waals surface area contributed by atoms with Crippen LogP contribution in [-0.4, -0.2) is 16.3 Å². The van der Waals surface area contributed by atoms with Crippen molar-refractivity contribution in [1.29, 1.82) is 0 Å². The van der Waals surface area contributed by atoms with Gasteiger partial charge in [0.15, 0.2) is 0 Å². The Morgan fingerprint density at radius 2 is 2.10 bits per heavy atom. The third-order valence-electron chi connectivity index (χ3n) is 5.35. The van der Waals surface area contributed by atoms with Crippen LogP contribution >= 0.6 is 0 Å². The molecule has 2 bridgehead atoms. The van der Waals surface area contributed by atoms with Gasteiger partial charge in [-0.25, -0.2) is 4.68 Å². The molecule has 0 aliphatic heterocycles. The number of nitrogens with zero attached hydrogens (tertiary/aromatic N) is 2. The molecule has 2 aromatic rings. The average Bonchev–Trinajstić information content (AvgIpc) is 3.25. The van der Waals surface area contributed by atoms with Crippen molar-refractivity contribution in [2.75, 3.05) is 6.54 Å². The van der Waals surface area contributed by atoms with Crippen LogP contribution in [0.5, 0.6) is 0 Å². The number of aromatic nitrogens is 2. The maximum Gasteiger partial charge on any atom is 0.0690 e. The number of para-hydroxylation sites is 1. The summed E-state index contributed by atoms with van der Waals surface area (Å²) in [7, 11) is 0. The van der Waals surface area contributed by atoms with Crippen molar-refractivity contribution in [3.8, 4) is 5.69 Å². The minimum atomic E-state index is 0.917. The van der Waals surface area contributed by atoms with Gasteiger partial charge in [0.1, 0.15) is 0 Å². The Labute approximate surface area is 126 Å². The molecule has 21 heavy (non-hydrogen) atoms. The van der Waals surface area contributed by atoms with Gasteiger partial charge in [-0.2, -0.15) is 5.10 Å². The summed E-state index contributed by atoms with van der Waals surface area (Å²) in [5, 5.41) is 8.04. The largest absolute Gasteiger partial charge is 0.312 e. The maximum atomic E-state index is 4.35. The molecule has 3 unspecified atom stereocenters. The third-order valence-corrected chi connectivity index (χ3v) is 5.35. The van der Waals surface area contributed by atoms with Gasteiger partial charge in [0.25, 0.3) is 0 Å². The van der Waals surface area contributed by atoms with Crippen molar-refractivity contribution < 1.29 is 0 Å². The van der Waals surface area contributed by atoms with E-state index in [0.29, 0.717) is 0 Å². The quantitative estimate of drug-likeness (QED) is 0.910. The molecule has 2 aliphatic carbocycles. The highest BCUT2D eigenvalue weighted by Gasteiger charge is 2.38. The molecular formula is C18H23N3. The molecule has 1 aromatic carbocycles. The summed E-state index contributed by atoms with van der Waals surface area (Å²) in [6, 6.07) is 10.5. The average molecular weight is 281 g/mol. The van der Waals surface area contributed by atoms with E-state index in [1.54, 1.807) is 0 Å². The van der Waals surface area contributed by atoms with Crippen LogP contribution in [0.1, 0.15) is 31.2 Å². The van der Waals surface area contributed by atoms with Crippen LogP contribution in [0.2, 0.25) is 0 Å². The van der Waals surface area contributed by atoms with Crippen molar-refractivity contribution in [3.63, 3.8) is 0 Å². The molecule has 0 saturated heterocycles. The van der Waals surface area contributed by atoms with Crippen molar-refractivity contribution in [2.45, 2.75) is 32.2 Å². The molecule has 3 atom stereocenters. The third kappa shape index (κ3) is 2.62. The predicted octanol–water partition coefficient (Wildman–Crippen LogP) is 3.40. The molecule has 3 heteroatoms. The predicted molar refractivity (Wildman–Crippen MR) is 84.2 cm³/mol. The lowest BCUT2D eigenvalue weighted by atomic mass is 9.89. The summed E-state index contributed by atoms with van der Waals surface area (Å²) in [5.41, 5.74) is 2.51. The smallest absolute Gasteiger partial charge is 0.0690 e. The Kier molecular flexibility index (Phi) is 3.52. The summed E-state index contributed by atoms with van der Waals surface area (Å²) in [6.07, 6.45) is 9.76. The molecule has 2 saturated carbocycles. The molecule has 110 valence electrons. The van der Waals surface area contributed by atoms with Crippen LogP contribution in [0.3, 0.4) is 0 Å². The van der Waals surface area contributed by atoms with E-state index < -0.39 is 0 Å². The van der Waals surface area contributed by atoms with Gasteiger partial charge >= 0.3 is 0 Å². The summed E-state index contributed by atoms with van der Waals surface area (Å²) in [5.74, 6) is 2.96. The van der Waals surface area contributed by atoms with Crippen molar-refractivity contribution >= 4 is 0 Å². The van der Waals surface area contributed by atoms with Crippen LogP contribution in [0.15, 0.2) is 42.7 Å². The lowest BCUT2D eigenvalue weighted by molar-refractivity contribution is 0.318. The SMILES string of the molecule is c1ccc(-n2cccn2)c(CNCC2CC3CCC2C3)c1. The first-order valence-electron chi connectivity index (χ1n) is 8.19. The van der Waals surface area contributed by atoms with Gasteiger partial charge in [0.05, 0.1) is 5.69 Å².